The predicted molar refractivity (Wildman–Crippen MR) is 135 cm³/mol. The summed E-state index contributed by atoms with van der Waals surface area (Å²) in [5.41, 5.74) is 0.393. The van der Waals surface area contributed by atoms with E-state index in [2.05, 4.69) is 11.2 Å². The van der Waals surface area contributed by atoms with Gasteiger partial charge in [0, 0.05) is 21.8 Å². The second-order valence-electron chi connectivity index (χ2n) is 7.61. The van der Waals surface area contributed by atoms with E-state index < -0.39 is 10.0 Å². The lowest BCUT2D eigenvalue weighted by atomic mass is 10.1. The van der Waals surface area contributed by atoms with E-state index in [0.717, 1.165) is 37.7 Å². The Morgan fingerprint density at radius 3 is 2.29 bits per heavy atom. The number of nitrogens with zero attached hydrogens (tertiary/aromatic N) is 2. The van der Waals surface area contributed by atoms with Crippen molar-refractivity contribution in [3.63, 3.8) is 0 Å². The van der Waals surface area contributed by atoms with Gasteiger partial charge in [0.2, 0.25) is 0 Å². The summed E-state index contributed by atoms with van der Waals surface area (Å²) in [5, 5.41) is 2.03. The first kappa shape index (κ1) is 25.0. The van der Waals surface area contributed by atoms with Gasteiger partial charge >= 0.3 is 0 Å². The van der Waals surface area contributed by atoms with Crippen LogP contribution in [-0.4, -0.2) is 51.0 Å². The van der Waals surface area contributed by atoms with Gasteiger partial charge in [-0.1, -0.05) is 34.8 Å². The average Bonchev–Trinajstić information content (AvgIpc) is 2.76. The number of unbranched alkanes of at least 4 members (excludes halogenated alkanes) is 1. The minimum atomic E-state index is -3.81. The summed E-state index contributed by atoms with van der Waals surface area (Å²) in [4.78, 5) is 2.64. The Morgan fingerprint density at radius 2 is 1.65 bits per heavy atom. The fourth-order valence-corrected chi connectivity index (χ4v) is 6.50. The molecule has 1 saturated heterocycles. The molecule has 0 N–H and O–H groups in total. The summed E-state index contributed by atoms with van der Waals surface area (Å²) < 4.78 is 28.2. The average molecular weight is 522 g/mol. The first-order chi connectivity index (χ1) is 14.8. The van der Waals surface area contributed by atoms with Crippen LogP contribution in [0.3, 0.4) is 0 Å². The maximum Gasteiger partial charge on any atom is 0.264 e. The van der Waals surface area contributed by atoms with Crippen LogP contribution in [0.15, 0.2) is 47.4 Å². The van der Waals surface area contributed by atoms with Gasteiger partial charge in [-0.25, -0.2) is 8.42 Å². The van der Waals surface area contributed by atoms with Crippen LogP contribution in [0.1, 0.15) is 25.7 Å². The molecule has 0 aromatic heterocycles. The highest BCUT2D eigenvalue weighted by Crippen LogP contribution is 2.33. The molecular formula is C22H27Cl3N2O2S2. The van der Waals surface area contributed by atoms with Crippen molar-refractivity contribution in [2.75, 3.05) is 36.7 Å². The number of halogens is 3. The van der Waals surface area contributed by atoms with Gasteiger partial charge in [0.25, 0.3) is 10.0 Å². The van der Waals surface area contributed by atoms with Gasteiger partial charge in [0.15, 0.2) is 0 Å². The minimum Gasteiger partial charge on any atom is -0.303 e. The normalized spacial score (nSPS) is 15.9. The molecular weight excluding hydrogens is 495 g/mol. The molecule has 0 saturated carbocycles. The summed E-state index contributed by atoms with van der Waals surface area (Å²) in [5.74, 6) is 0. The van der Waals surface area contributed by atoms with E-state index in [0.29, 0.717) is 27.3 Å². The number of rotatable bonds is 9. The SMILES string of the molecule is CSC1CCN(CCCCN(c2cc(Cl)ccc2Cl)S(=O)(=O)c2ccc(Cl)cc2)CC1. The lowest BCUT2D eigenvalue weighted by Crippen LogP contribution is -2.36. The summed E-state index contributed by atoms with van der Waals surface area (Å²) in [6, 6.07) is 11.1. The van der Waals surface area contributed by atoms with Crippen LogP contribution in [0.25, 0.3) is 0 Å². The van der Waals surface area contributed by atoms with E-state index in [4.69, 9.17) is 34.8 Å². The standard InChI is InChI=1S/C22H27Cl3N2O2S2/c1-30-19-10-14-26(15-11-19)12-2-3-13-27(22-16-18(24)6-9-21(22)25)31(28,29)20-7-4-17(23)5-8-20/h4-9,16,19H,2-3,10-15H2,1H3. The Hall–Kier alpha value is -0.630. The van der Waals surface area contributed by atoms with Crippen molar-refractivity contribution < 1.29 is 8.42 Å². The third-order valence-electron chi connectivity index (χ3n) is 5.53. The summed E-state index contributed by atoms with van der Waals surface area (Å²) in [6.45, 7) is 3.52. The number of hydrogen-bond acceptors (Lipinski definition) is 4. The fraction of sp³-hybridized carbons (Fsp3) is 0.455. The monoisotopic (exact) mass is 520 g/mol. The molecule has 1 fully saturated rings. The molecule has 0 unspecified atom stereocenters. The van der Waals surface area contributed by atoms with Crippen LogP contribution in [0, 0.1) is 0 Å². The van der Waals surface area contributed by atoms with Crippen molar-refractivity contribution in [1.29, 1.82) is 0 Å². The van der Waals surface area contributed by atoms with E-state index in [1.165, 1.54) is 29.3 Å². The summed E-state index contributed by atoms with van der Waals surface area (Å²) >= 11 is 20.4. The number of piperidine rings is 1. The van der Waals surface area contributed by atoms with Crippen LogP contribution >= 0.6 is 46.6 Å². The zero-order valence-electron chi connectivity index (χ0n) is 17.4. The first-order valence-corrected chi connectivity index (χ1v) is 14.2. The van der Waals surface area contributed by atoms with Gasteiger partial charge in [0.05, 0.1) is 15.6 Å². The van der Waals surface area contributed by atoms with Crippen LogP contribution < -0.4 is 4.31 Å². The molecule has 0 radical (unpaired) electrons. The molecule has 0 amide bonds. The van der Waals surface area contributed by atoms with Crippen LogP contribution in [0.2, 0.25) is 15.1 Å². The lowest BCUT2D eigenvalue weighted by Gasteiger charge is -2.31. The lowest BCUT2D eigenvalue weighted by molar-refractivity contribution is 0.229. The molecule has 9 heteroatoms. The molecule has 0 bridgehead atoms. The molecule has 1 heterocycles. The van der Waals surface area contributed by atoms with Gasteiger partial charge in [-0.15, -0.1) is 0 Å². The second kappa shape index (κ2) is 11.5. The zero-order chi connectivity index (χ0) is 22.4. The molecule has 1 aliphatic rings. The molecule has 2 aromatic rings. The van der Waals surface area contributed by atoms with Crippen LogP contribution in [-0.2, 0) is 10.0 Å². The van der Waals surface area contributed by atoms with Gasteiger partial charge in [-0.2, -0.15) is 11.8 Å². The largest absolute Gasteiger partial charge is 0.303 e. The molecule has 0 aliphatic carbocycles. The second-order valence-corrected chi connectivity index (χ2v) is 11.9. The van der Waals surface area contributed by atoms with Crippen molar-refractivity contribution in [2.45, 2.75) is 35.8 Å². The molecule has 0 atom stereocenters. The minimum absolute atomic E-state index is 0.173. The van der Waals surface area contributed by atoms with E-state index in [1.54, 1.807) is 30.3 Å². The number of sulfonamides is 1. The number of likely N-dealkylation sites (tertiary alicyclic amines) is 1. The van der Waals surface area contributed by atoms with E-state index in [1.807, 2.05) is 11.8 Å². The quantitative estimate of drug-likeness (QED) is 0.356. The number of benzene rings is 2. The van der Waals surface area contributed by atoms with Crippen molar-refractivity contribution in [1.82, 2.24) is 4.90 Å². The highest BCUT2D eigenvalue weighted by atomic mass is 35.5. The first-order valence-electron chi connectivity index (χ1n) is 10.3. The van der Waals surface area contributed by atoms with Gasteiger partial charge in [0.1, 0.15) is 0 Å². The maximum atomic E-state index is 13.4. The maximum absolute atomic E-state index is 13.4. The van der Waals surface area contributed by atoms with Crippen molar-refractivity contribution >= 4 is 62.3 Å². The van der Waals surface area contributed by atoms with Crippen LogP contribution in [0.5, 0.6) is 0 Å². The van der Waals surface area contributed by atoms with Crippen molar-refractivity contribution in [3.8, 4) is 0 Å². The highest BCUT2D eigenvalue weighted by molar-refractivity contribution is 7.99. The molecule has 31 heavy (non-hydrogen) atoms. The Labute approximate surface area is 204 Å². The third kappa shape index (κ3) is 6.68. The van der Waals surface area contributed by atoms with Gasteiger partial charge < -0.3 is 4.90 Å². The van der Waals surface area contributed by atoms with E-state index in [9.17, 15) is 8.42 Å². The smallest absolute Gasteiger partial charge is 0.264 e. The summed E-state index contributed by atoms with van der Waals surface area (Å²) in [7, 11) is -3.81. The molecule has 1 aliphatic heterocycles. The Morgan fingerprint density at radius 1 is 1.00 bits per heavy atom. The fourth-order valence-electron chi connectivity index (χ4n) is 3.74. The number of anilines is 1. The molecule has 2 aromatic carbocycles. The van der Waals surface area contributed by atoms with E-state index >= 15 is 0 Å². The zero-order valence-corrected chi connectivity index (χ0v) is 21.3. The Bertz CT molecular complexity index is 963. The predicted octanol–water partition coefficient (Wildman–Crippen LogP) is 6.45. The molecule has 4 nitrogen and oxygen atoms in total. The summed E-state index contributed by atoms with van der Waals surface area (Å²) in [6.07, 6.45) is 6.25. The number of hydrogen-bond donors (Lipinski definition) is 0. The van der Waals surface area contributed by atoms with Gasteiger partial charge in [-0.05, 0) is 94.0 Å². The Kier molecular flexibility index (Phi) is 9.26. The molecule has 0 spiro atoms. The highest BCUT2D eigenvalue weighted by Gasteiger charge is 2.27. The van der Waals surface area contributed by atoms with Crippen molar-refractivity contribution in [2.24, 2.45) is 0 Å². The topological polar surface area (TPSA) is 40.6 Å². The molecule has 3 rings (SSSR count). The third-order valence-corrected chi connectivity index (χ3v) is 9.30. The number of thioether (sulfide) groups is 1. The van der Waals surface area contributed by atoms with Crippen molar-refractivity contribution in [3.05, 3.63) is 57.5 Å². The van der Waals surface area contributed by atoms with E-state index in [-0.39, 0.29) is 4.90 Å². The molecule has 170 valence electrons. The Balaban J connectivity index is 1.72. The van der Waals surface area contributed by atoms with Crippen LogP contribution in [0.4, 0.5) is 5.69 Å². The van der Waals surface area contributed by atoms with Gasteiger partial charge in [-0.3, -0.25) is 4.31 Å².